The van der Waals surface area contributed by atoms with Crippen molar-refractivity contribution in [3.8, 4) is 0 Å². The first kappa shape index (κ1) is 20.8. The molecule has 29 heavy (non-hydrogen) atoms. The number of alkyl halides is 3. The molecule has 0 saturated heterocycles. The van der Waals surface area contributed by atoms with Crippen LogP contribution >= 0.6 is 11.6 Å². The van der Waals surface area contributed by atoms with Gasteiger partial charge in [-0.2, -0.15) is 13.2 Å². The molecule has 4 saturated carbocycles. The second-order valence-corrected chi connectivity index (χ2v) is 10.2. The molecule has 0 radical (unpaired) electrons. The van der Waals surface area contributed by atoms with Gasteiger partial charge >= 0.3 is 6.18 Å². The Bertz CT molecular complexity index is 757. The van der Waals surface area contributed by atoms with E-state index >= 15 is 0 Å². The van der Waals surface area contributed by atoms with Crippen LogP contribution in [0.1, 0.15) is 57.9 Å². The maximum absolute atomic E-state index is 13.2. The van der Waals surface area contributed by atoms with Crippen LogP contribution in [0.5, 0.6) is 0 Å². The zero-order valence-corrected chi connectivity index (χ0v) is 17.5. The fraction of sp³-hybridized carbons (Fsp3) is 0.682. The van der Waals surface area contributed by atoms with Gasteiger partial charge in [-0.05, 0) is 80.4 Å². The summed E-state index contributed by atoms with van der Waals surface area (Å²) in [5, 5.41) is 6.42. The number of nitrogens with one attached hydrogen (secondary N) is 2. The third-order valence-electron chi connectivity index (χ3n) is 6.98. The molecule has 4 fully saturated rings. The largest absolute Gasteiger partial charge is 0.416 e. The molecule has 0 unspecified atom stereocenters. The number of benzene rings is 1. The van der Waals surface area contributed by atoms with Gasteiger partial charge in [-0.25, -0.2) is 0 Å². The minimum Gasteiger partial charge on any atom is -0.372 e. The molecule has 0 aliphatic heterocycles. The number of rotatable bonds is 5. The Labute approximate surface area is 174 Å². The summed E-state index contributed by atoms with van der Waals surface area (Å²) in [5.41, 5.74) is -0.559. The molecule has 0 aromatic heterocycles. The predicted molar refractivity (Wildman–Crippen MR) is 108 cm³/mol. The highest BCUT2D eigenvalue weighted by atomic mass is 35.5. The summed E-state index contributed by atoms with van der Waals surface area (Å²) in [7, 11) is 0. The highest BCUT2D eigenvalue weighted by Crippen LogP contribution is 2.55. The molecule has 4 bridgehead atoms. The molecule has 1 aromatic rings. The first-order chi connectivity index (χ1) is 13.5. The molecule has 1 atom stereocenters. The SMILES string of the molecule is CC(C)[C@H](Nc1ccc(C(F)(F)F)cc1Cl)C(=O)NC12CC3CC(CC(C3)C1)C2. The number of carbonyl (C=O) groups is 1. The molecular formula is C22H28ClF3N2O. The van der Waals surface area contributed by atoms with Gasteiger partial charge in [0.05, 0.1) is 16.3 Å². The highest BCUT2D eigenvalue weighted by molar-refractivity contribution is 6.33. The topological polar surface area (TPSA) is 41.1 Å². The first-order valence-electron chi connectivity index (χ1n) is 10.5. The van der Waals surface area contributed by atoms with E-state index in [1.807, 2.05) is 13.8 Å². The van der Waals surface area contributed by atoms with Crippen LogP contribution < -0.4 is 10.6 Å². The average Bonchev–Trinajstić information content (AvgIpc) is 2.57. The third-order valence-corrected chi connectivity index (χ3v) is 7.30. The first-order valence-corrected chi connectivity index (χ1v) is 10.9. The fourth-order valence-electron chi connectivity index (χ4n) is 6.11. The van der Waals surface area contributed by atoms with Gasteiger partial charge in [-0.15, -0.1) is 0 Å². The minimum atomic E-state index is -4.45. The van der Waals surface area contributed by atoms with Gasteiger partial charge in [-0.1, -0.05) is 25.4 Å². The van der Waals surface area contributed by atoms with E-state index in [1.54, 1.807) is 0 Å². The summed E-state index contributed by atoms with van der Waals surface area (Å²) in [6, 6.07) is 2.64. The van der Waals surface area contributed by atoms with Crippen LogP contribution in [0.4, 0.5) is 18.9 Å². The number of halogens is 4. The van der Waals surface area contributed by atoms with Crippen molar-refractivity contribution >= 4 is 23.2 Å². The molecular weight excluding hydrogens is 401 g/mol. The zero-order valence-electron chi connectivity index (χ0n) is 16.8. The van der Waals surface area contributed by atoms with Crippen molar-refractivity contribution in [2.45, 2.75) is 70.1 Å². The molecule has 2 N–H and O–H groups in total. The Morgan fingerprint density at radius 3 is 2.10 bits per heavy atom. The molecule has 4 aliphatic rings. The maximum Gasteiger partial charge on any atom is 0.416 e. The van der Waals surface area contributed by atoms with Crippen molar-refractivity contribution in [3.63, 3.8) is 0 Å². The van der Waals surface area contributed by atoms with Crippen LogP contribution in [0.2, 0.25) is 5.02 Å². The van der Waals surface area contributed by atoms with Gasteiger partial charge in [0, 0.05) is 5.54 Å². The standard InChI is InChI=1S/C22H28ClF3N2O/c1-12(2)19(27-18-4-3-16(8-17(18)23)22(24,25)26)20(29)28-21-9-13-5-14(10-21)7-15(6-13)11-21/h3-4,8,12-15,19,27H,5-7,9-11H2,1-2H3,(H,28,29)/t13?,14?,15?,19-,21?/m0/s1. The molecule has 1 aromatic carbocycles. The summed E-state index contributed by atoms with van der Waals surface area (Å²) in [4.78, 5) is 13.2. The summed E-state index contributed by atoms with van der Waals surface area (Å²) >= 11 is 6.09. The third kappa shape index (κ3) is 4.23. The molecule has 3 nitrogen and oxygen atoms in total. The second-order valence-electron chi connectivity index (χ2n) is 9.75. The van der Waals surface area contributed by atoms with Gasteiger partial charge in [-0.3, -0.25) is 4.79 Å². The molecule has 5 rings (SSSR count). The van der Waals surface area contributed by atoms with E-state index in [9.17, 15) is 18.0 Å². The minimum absolute atomic E-state index is 0.0342. The monoisotopic (exact) mass is 428 g/mol. The Kier molecular flexibility index (Phi) is 5.29. The van der Waals surface area contributed by atoms with E-state index in [1.165, 1.54) is 25.3 Å². The number of hydrogen-bond acceptors (Lipinski definition) is 2. The van der Waals surface area contributed by atoms with Crippen LogP contribution in [0.25, 0.3) is 0 Å². The molecule has 7 heteroatoms. The zero-order chi connectivity index (χ0) is 21.0. The van der Waals surface area contributed by atoms with Crippen molar-refractivity contribution in [2.75, 3.05) is 5.32 Å². The normalized spacial score (nSPS) is 31.8. The van der Waals surface area contributed by atoms with Gasteiger partial charge < -0.3 is 10.6 Å². The Morgan fingerprint density at radius 1 is 1.10 bits per heavy atom. The van der Waals surface area contributed by atoms with Crippen molar-refractivity contribution in [1.82, 2.24) is 5.32 Å². The molecule has 4 aliphatic carbocycles. The van der Waals surface area contributed by atoms with Crippen molar-refractivity contribution in [2.24, 2.45) is 23.7 Å². The fourth-order valence-corrected chi connectivity index (χ4v) is 6.35. The molecule has 160 valence electrons. The van der Waals surface area contributed by atoms with E-state index in [0.29, 0.717) is 5.69 Å². The summed E-state index contributed by atoms with van der Waals surface area (Å²) < 4.78 is 38.7. The molecule has 0 spiro atoms. The second kappa shape index (κ2) is 7.36. The van der Waals surface area contributed by atoms with E-state index < -0.39 is 17.8 Å². The number of hydrogen-bond donors (Lipinski definition) is 2. The number of anilines is 1. The molecule has 0 heterocycles. The summed E-state index contributed by atoms with van der Waals surface area (Å²) in [6.07, 6.45) is 2.59. The predicted octanol–water partition coefficient (Wildman–Crippen LogP) is 5.88. The molecule has 1 amide bonds. The maximum atomic E-state index is 13.2. The summed E-state index contributed by atoms with van der Waals surface area (Å²) in [6.45, 7) is 3.85. The lowest BCUT2D eigenvalue weighted by molar-refractivity contribution is -0.137. The van der Waals surface area contributed by atoms with Gasteiger partial charge in [0.2, 0.25) is 5.91 Å². The number of amides is 1. The van der Waals surface area contributed by atoms with E-state index in [2.05, 4.69) is 10.6 Å². The van der Waals surface area contributed by atoms with Crippen molar-refractivity contribution in [3.05, 3.63) is 28.8 Å². The van der Waals surface area contributed by atoms with Gasteiger partial charge in [0.15, 0.2) is 0 Å². The van der Waals surface area contributed by atoms with Gasteiger partial charge in [0.1, 0.15) is 6.04 Å². The quantitative estimate of drug-likeness (QED) is 0.614. The Morgan fingerprint density at radius 2 is 1.66 bits per heavy atom. The van der Waals surface area contributed by atoms with Crippen LogP contribution in [0, 0.1) is 23.7 Å². The van der Waals surface area contributed by atoms with E-state index in [-0.39, 0.29) is 22.4 Å². The number of carbonyl (C=O) groups excluding carboxylic acids is 1. The highest BCUT2D eigenvalue weighted by Gasteiger charge is 2.52. The van der Waals surface area contributed by atoms with Crippen LogP contribution in [-0.4, -0.2) is 17.5 Å². The van der Waals surface area contributed by atoms with Crippen molar-refractivity contribution < 1.29 is 18.0 Å². The van der Waals surface area contributed by atoms with E-state index in [4.69, 9.17) is 11.6 Å². The van der Waals surface area contributed by atoms with Crippen LogP contribution in [0.3, 0.4) is 0 Å². The van der Waals surface area contributed by atoms with Crippen molar-refractivity contribution in [1.29, 1.82) is 0 Å². The average molecular weight is 429 g/mol. The lowest BCUT2D eigenvalue weighted by Gasteiger charge is -2.57. The lowest BCUT2D eigenvalue weighted by Crippen LogP contribution is -2.62. The Hall–Kier alpha value is -1.43. The lowest BCUT2D eigenvalue weighted by atomic mass is 9.53. The van der Waals surface area contributed by atoms with Crippen LogP contribution in [-0.2, 0) is 11.0 Å². The Balaban J connectivity index is 1.49. The van der Waals surface area contributed by atoms with Crippen LogP contribution in [0.15, 0.2) is 18.2 Å². The smallest absolute Gasteiger partial charge is 0.372 e. The van der Waals surface area contributed by atoms with E-state index in [0.717, 1.165) is 49.1 Å². The van der Waals surface area contributed by atoms with Gasteiger partial charge in [0.25, 0.3) is 0 Å². The summed E-state index contributed by atoms with van der Waals surface area (Å²) in [5.74, 6) is 2.03.